The van der Waals surface area contributed by atoms with Gasteiger partial charge in [-0.25, -0.2) is 15.4 Å². The monoisotopic (exact) mass is 396 g/mol. The van der Waals surface area contributed by atoms with Gasteiger partial charge in [0, 0.05) is 18.7 Å². The molecule has 2 heterocycles. The van der Waals surface area contributed by atoms with Crippen molar-refractivity contribution in [3.8, 4) is 6.07 Å². The Bertz CT molecular complexity index is 756. The average Bonchev–Trinajstić information content (AvgIpc) is 3.07. The minimum Gasteiger partial charge on any atom is -0.394 e. The summed E-state index contributed by atoms with van der Waals surface area (Å²) in [6.07, 6.45) is 6.43. The maximum atomic E-state index is 10.1. The Morgan fingerprint density at radius 2 is 2.03 bits per heavy atom. The molecule has 3 rings (SSSR count). The number of hydrogen-bond donors (Lipinski definition) is 2. The number of amidine groups is 1. The first-order chi connectivity index (χ1) is 14.1. The molecule has 2 aliphatic heterocycles. The number of aliphatic hydroxyl groups excluding tert-OH is 1. The van der Waals surface area contributed by atoms with E-state index in [1.54, 1.807) is 0 Å². The Morgan fingerprint density at radius 1 is 1.24 bits per heavy atom. The number of unbranched alkanes of at least 4 members (excludes halogenated alkanes) is 3. The molecule has 0 spiro atoms. The predicted octanol–water partition coefficient (Wildman–Crippen LogP) is 2.86. The highest BCUT2D eigenvalue weighted by molar-refractivity contribution is 6.08. The number of hydrazine groups is 1. The van der Waals surface area contributed by atoms with Gasteiger partial charge in [0.2, 0.25) is 0 Å². The van der Waals surface area contributed by atoms with Crippen molar-refractivity contribution in [2.75, 3.05) is 19.9 Å². The molecular formula is C22H32N6O. The lowest BCUT2D eigenvalue weighted by Gasteiger charge is -2.37. The van der Waals surface area contributed by atoms with E-state index in [9.17, 15) is 5.11 Å². The fourth-order valence-electron chi connectivity index (χ4n) is 4.11. The van der Waals surface area contributed by atoms with Gasteiger partial charge < -0.3 is 10.0 Å². The van der Waals surface area contributed by atoms with Crippen molar-refractivity contribution in [2.24, 2.45) is 9.98 Å². The Morgan fingerprint density at radius 3 is 2.72 bits per heavy atom. The smallest absolute Gasteiger partial charge is 0.131 e. The topological polar surface area (TPSA) is 87.2 Å². The van der Waals surface area contributed by atoms with Gasteiger partial charge in [-0.2, -0.15) is 5.26 Å². The number of nitrogens with zero attached hydrogens (tertiary/aromatic N) is 5. The third kappa shape index (κ3) is 4.67. The third-order valence-corrected chi connectivity index (χ3v) is 5.71. The number of nitriles is 1. The normalized spacial score (nSPS) is 22.4. The molecule has 1 fully saturated rings. The highest BCUT2D eigenvalue weighted by atomic mass is 16.3. The van der Waals surface area contributed by atoms with Gasteiger partial charge in [0.05, 0.1) is 25.4 Å². The Labute approximate surface area is 173 Å². The quantitative estimate of drug-likeness (QED) is 0.594. The van der Waals surface area contributed by atoms with Crippen molar-refractivity contribution in [3.63, 3.8) is 0 Å². The lowest BCUT2D eigenvalue weighted by atomic mass is 9.90. The van der Waals surface area contributed by atoms with Crippen LogP contribution in [0.25, 0.3) is 0 Å². The first-order valence-corrected chi connectivity index (χ1v) is 10.5. The van der Waals surface area contributed by atoms with E-state index in [1.165, 1.54) is 0 Å². The molecule has 156 valence electrons. The molecule has 2 aliphatic rings. The fourth-order valence-corrected chi connectivity index (χ4v) is 4.11. The number of benzene rings is 1. The van der Waals surface area contributed by atoms with E-state index < -0.39 is 5.54 Å². The van der Waals surface area contributed by atoms with Crippen molar-refractivity contribution in [1.29, 1.82) is 5.26 Å². The highest BCUT2D eigenvalue weighted by Gasteiger charge is 2.51. The van der Waals surface area contributed by atoms with E-state index in [0.717, 1.165) is 37.1 Å². The van der Waals surface area contributed by atoms with Gasteiger partial charge in [0.25, 0.3) is 0 Å². The first kappa shape index (κ1) is 21.4. The standard InChI is InChI=1S/C22H32N6O/c1-18(2)27-17-28(26-20(14-29)19-10-6-5-7-11-19)22(12-8-3-4-9-13-23)15-24-16-25-21(22)27/h5-7,10-11,15,18,20,26,29H,3-4,8-9,12,14,16-17H2,1-2H3. The molecular weight excluding hydrogens is 364 g/mol. The van der Waals surface area contributed by atoms with Gasteiger partial charge in [-0.05, 0) is 32.3 Å². The van der Waals surface area contributed by atoms with Crippen LogP contribution in [0.4, 0.5) is 0 Å². The van der Waals surface area contributed by atoms with Crippen molar-refractivity contribution in [2.45, 2.75) is 63.6 Å². The van der Waals surface area contributed by atoms with E-state index in [0.29, 0.717) is 25.8 Å². The summed E-state index contributed by atoms with van der Waals surface area (Å²) < 4.78 is 0. The van der Waals surface area contributed by atoms with Gasteiger partial charge in [-0.1, -0.05) is 43.2 Å². The second-order valence-corrected chi connectivity index (χ2v) is 7.99. The summed E-state index contributed by atoms with van der Waals surface area (Å²) in [4.78, 5) is 11.6. The van der Waals surface area contributed by atoms with Crippen LogP contribution in [0, 0.1) is 11.3 Å². The van der Waals surface area contributed by atoms with E-state index >= 15 is 0 Å². The van der Waals surface area contributed by atoms with E-state index in [-0.39, 0.29) is 12.6 Å². The van der Waals surface area contributed by atoms with Crippen molar-refractivity contribution in [3.05, 3.63) is 35.9 Å². The molecule has 0 aromatic heterocycles. The summed E-state index contributed by atoms with van der Waals surface area (Å²) in [5.74, 6) is 1.06. The number of rotatable bonds is 10. The van der Waals surface area contributed by atoms with Crippen LogP contribution in [-0.2, 0) is 0 Å². The maximum Gasteiger partial charge on any atom is 0.131 e. The summed E-state index contributed by atoms with van der Waals surface area (Å²) >= 11 is 0. The molecule has 0 saturated carbocycles. The second kappa shape index (κ2) is 9.97. The SMILES string of the molecule is CC(C)N1CN(NC(CO)c2ccccc2)C2(CCCCCC#N)C=NCN=C12. The Balaban J connectivity index is 1.84. The second-order valence-electron chi connectivity index (χ2n) is 7.99. The Kier molecular flexibility index (Phi) is 7.37. The van der Waals surface area contributed by atoms with Crippen molar-refractivity contribution >= 4 is 12.1 Å². The zero-order valence-corrected chi connectivity index (χ0v) is 17.5. The molecule has 1 aromatic rings. The lowest BCUT2D eigenvalue weighted by molar-refractivity contribution is 0.0716. The number of fused-ring (bicyclic) bond motifs is 1. The van der Waals surface area contributed by atoms with Gasteiger partial charge in [-0.3, -0.25) is 4.99 Å². The number of hydrogen-bond acceptors (Lipinski definition) is 7. The Hall–Kier alpha value is -2.27. The molecule has 7 heteroatoms. The predicted molar refractivity (Wildman–Crippen MR) is 115 cm³/mol. The van der Waals surface area contributed by atoms with Crippen LogP contribution in [0.2, 0.25) is 0 Å². The van der Waals surface area contributed by atoms with Crippen molar-refractivity contribution in [1.82, 2.24) is 15.3 Å². The lowest BCUT2D eigenvalue weighted by Crippen LogP contribution is -2.58. The average molecular weight is 397 g/mol. The van der Waals surface area contributed by atoms with Crippen LogP contribution in [0.5, 0.6) is 0 Å². The molecule has 2 N–H and O–H groups in total. The maximum absolute atomic E-state index is 10.1. The molecule has 0 aliphatic carbocycles. The fraction of sp³-hybridized carbons (Fsp3) is 0.591. The summed E-state index contributed by atoms with van der Waals surface area (Å²) in [7, 11) is 0. The molecule has 2 atom stereocenters. The molecule has 1 saturated heterocycles. The van der Waals surface area contributed by atoms with Gasteiger partial charge in [0.1, 0.15) is 18.0 Å². The van der Waals surface area contributed by atoms with E-state index in [1.807, 2.05) is 36.5 Å². The van der Waals surface area contributed by atoms with E-state index in [4.69, 9.17) is 10.3 Å². The van der Waals surface area contributed by atoms with Crippen LogP contribution < -0.4 is 5.43 Å². The zero-order chi connectivity index (χ0) is 20.7. The summed E-state index contributed by atoms with van der Waals surface area (Å²) in [6, 6.07) is 12.4. The largest absolute Gasteiger partial charge is 0.394 e. The third-order valence-electron chi connectivity index (χ3n) is 5.71. The van der Waals surface area contributed by atoms with Crippen LogP contribution in [0.1, 0.15) is 57.6 Å². The number of aliphatic imine (C=N–C) groups is 2. The van der Waals surface area contributed by atoms with Crippen LogP contribution >= 0.6 is 0 Å². The number of nitrogens with one attached hydrogen (secondary N) is 1. The minimum absolute atomic E-state index is 0.00403. The van der Waals surface area contributed by atoms with Crippen LogP contribution in [0.15, 0.2) is 40.3 Å². The summed E-state index contributed by atoms with van der Waals surface area (Å²) in [5.41, 5.74) is 4.21. The minimum atomic E-state index is -0.419. The molecule has 7 nitrogen and oxygen atoms in total. The van der Waals surface area contributed by atoms with Crippen LogP contribution in [-0.4, -0.2) is 58.6 Å². The van der Waals surface area contributed by atoms with Crippen LogP contribution in [0.3, 0.4) is 0 Å². The molecule has 2 unspecified atom stereocenters. The van der Waals surface area contributed by atoms with Gasteiger partial charge in [0.15, 0.2) is 0 Å². The summed E-state index contributed by atoms with van der Waals surface area (Å²) in [5, 5.41) is 21.1. The number of aliphatic hydroxyl groups is 1. The van der Waals surface area contributed by atoms with Gasteiger partial charge in [-0.15, -0.1) is 0 Å². The molecule has 0 amide bonds. The van der Waals surface area contributed by atoms with Gasteiger partial charge >= 0.3 is 0 Å². The molecule has 29 heavy (non-hydrogen) atoms. The molecule has 1 aromatic carbocycles. The van der Waals surface area contributed by atoms with Crippen molar-refractivity contribution < 1.29 is 5.11 Å². The zero-order valence-electron chi connectivity index (χ0n) is 17.5. The molecule has 0 bridgehead atoms. The molecule has 0 radical (unpaired) electrons. The first-order valence-electron chi connectivity index (χ1n) is 10.5. The van der Waals surface area contributed by atoms with E-state index in [2.05, 4.69) is 40.2 Å². The summed E-state index contributed by atoms with van der Waals surface area (Å²) in [6.45, 7) is 5.51. The highest BCUT2D eigenvalue weighted by Crippen LogP contribution is 2.34.